The molecule has 3 rings (SSSR count). The predicted octanol–water partition coefficient (Wildman–Crippen LogP) is 4.25. The Balaban J connectivity index is 1.63. The van der Waals surface area contributed by atoms with Crippen molar-refractivity contribution in [3.05, 3.63) is 48.5 Å². The second-order valence-corrected chi connectivity index (χ2v) is 7.75. The maximum Gasteiger partial charge on any atom is 0.229 e. The SMILES string of the molecule is CC(C)Oc1ccc(N2C[C@H](C(=O)Nc3cccc(OC(C)C)c3)CC2=O)cc1. The van der Waals surface area contributed by atoms with Gasteiger partial charge in [0.25, 0.3) is 0 Å². The third kappa shape index (κ3) is 5.50. The molecule has 2 amide bonds. The van der Waals surface area contributed by atoms with E-state index in [2.05, 4.69) is 5.32 Å². The van der Waals surface area contributed by atoms with Crippen LogP contribution >= 0.6 is 0 Å². The Labute approximate surface area is 171 Å². The highest BCUT2D eigenvalue weighted by Crippen LogP contribution is 2.28. The first-order chi connectivity index (χ1) is 13.8. The van der Waals surface area contributed by atoms with Crippen molar-refractivity contribution in [2.24, 2.45) is 5.92 Å². The molecule has 0 aromatic heterocycles. The van der Waals surface area contributed by atoms with Gasteiger partial charge in [0.2, 0.25) is 11.8 Å². The lowest BCUT2D eigenvalue weighted by Crippen LogP contribution is -2.28. The van der Waals surface area contributed by atoms with Gasteiger partial charge in [0.1, 0.15) is 11.5 Å². The molecule has 6 nitrogen and oxygen atoms in total. The van der Waals surface area contributed by atoms with Gasteiger partial charge in [-0.15, -0.1) is 0 Å². The van der Waals surface area contributed by atoms with Gasteiger partial charge in [-0.05, 0) is 64.1 Å². The number of hydrogen-bond donors (Lipinski definition) is 1. The Morgan fingerprint density at radius 3 is 2.31 bits per heavy atom. The summed E-state index contributed by atoms with van der Waals surface area (Å²) in [6.45, 7) is 8.19. The van der Waals surface area contributed by atoms with Crippen LogP contribution in [-0.2, 0) is 9.59 Å². The van der Waals surface area contributed by atoms with Crippen molar-refractivity contribution in [2.75, 3.05) is 16.8 Å². The van der Waals surface area contributed by atoms with E-state index in [-0.39, 0.29) is 30.4 Å². The van der Waals surface area contributed by atoms with Crippen molar-refractivity contribution in [1.29, 1.82) is 0 Å². The highest BCUT2D eigenvalue weighted by Gasteiger charge is 2.35. The Morgan fingerprint density at radius 2 is 1.66 bits per heavy atom. The molecular weight excluding hydrogens is 368 g/mol. The van der Waals surface area contributed by atoms with E-state index >= 15 is 0 Å². The van der Waals surface area contributed by atoms with Crippen LogP contribution in [-0.4, -0.2) is 30.6 Å². The van der Waals surface area contributed by atoms with Crippen LogP contribution in [0.1, 0.15) is 34.1 Å². The van der Waals surface area contributed by atoms with Crippen LogP contribution in [0.25, 0.3) is 0 Å². The van der Waals surface area contributed by atoms with Crippen molar-refractivity contribution < 1.29 is 19.1 Å². The standard InChI is InChI=1S/C23H28N2O4/c1-15(2)28-20-10-8-19(9-11-20)25-14-17(12-22(25)26)23(27)24-18-6-5-7-21(13-18)29-16(3)4/h5-11,13,15-17H,12,14H2,1-4H3,(H,24,27)/t17-/m1/s1. The van der Waals surface area contributed by atoms with Crippen LogP contribution in [0.4, 0.5) is 11.4 Å². The summed E-state index contributed by atoms with van der Waals surface area (Å²) in [6.07, 6.45) is 0.337. The average molecular weight is 396 g/mol. The summed E-state index contributed by atoms with van der Waals surface area (Å²) in [6, 6.07) is 14.7. The average Bonchev–Trinajstić information content (AvgIpc) is 3.03. The van der Waals surface area contributed by atoms with E-state index in [0.29, 0.717) is 18.0 Å². The molecular formula is C23H28N2O4. The molecule has 6 heteroatoms. The maximum absolute atomic E-state index is 12.7. The molecule has 1 atom stereocenters. The molecule has 1 fully saturated rings. The lowest BCUT2D eigenvalue weighted by Gasteiger charge is -2.18. The summed E-state index contributed by atoms with van der Waals surface area (Å²) in [4.78, 5) is 26.8. The molecule has 1 aliphatic heterocycles. The Kier molecular flexibility index (Phi) is 6.42. The van der Waals surface area contributed by atoms with E-state index in [1.54, 1.807) is 11.0 Å². The van der Waals surface area contributed by atoms with E-state index < -0.39 is 5.92 Å². The molecule has 1 N–H and O–H groups in total. The zero-order chi connectivity index (χ0) is 21.0. The van der Waals surface area contributed by atoms with Gasteiger partial charge >= 0.3 is 0 Å². The van der Waals surface area contributed by atoms with Gasteiger partial charge in [0.15, 0.2) is 0 Å². The molecule has 1 aliphatic rings. The molecule has 2 aromatic rings. The summed E-state index contributed by atoms with van der Waals surface area (Å²) in [5, 5.41) is 2.90. The van der Waals surface area contributed by atoms with Crippen molar-refractivity contribution in [3.63, 3.8) is 0 Å². The summed E-state index contributed by atoms with van der Waals surface area (Å²) in [5.74, 6) is 0.837. The van der Waals surface area contributed by atoms with Gasteiger partial charge in [0, 0.05) is 30.4 Å². The van der Waals surface area contributed by atoms with Crippen molar-refractivity contribution in [2.45, 2.75) is 46.3 Å². The zero-order valence-corrected chi connectivity index (χ0v) is 17.3. The van der Waals surface area contributed by atoms with Crippen LogP contribution in [0, 0.1) is 5.92 Å². The molecule has 0 unspecified atom stereocenters. The van der Waals surface area contributed by atoms with Gasteiger partial charge in [-0.1, -0.05) is 6.07 Å². The number of carbonyl (C=O) groups is 2. The van der Waals surface area contributed by atoms with E-state index in [1.807, 2.05) is 70.2 Å². The van der Waals surface area contributed by atoms with Crippen molar-refractivity contribution in [3.8, 4) is 11.5 Å². The first-order valence-corrected chi connectivity index (χ1v) is 9.96. The predicted molar refractivity (Wildman–Crippen MR) is 114 cm³/mol. The number of benzene rings is 2. The first-order valence-electron chi connectivity index (χ1n) is 9.96. The highest BCUT2D eigenvalue weighted by molar-refractivity contribution is 6.03. The number of ether oxygens (including phenoxy) is 2. The molecule has 0 spiro atoms. The van der Waals surface area contributed by atoms with Crippen LogP contribution in [0.5, 0.6) is 11.5 Å². The van der Waals surface area contributed by atoms with Crippen molar-refractivity contribution >= 4 is 23.2 Å². The number of anilines is 2. The number of nitrogens with zero attached hydrogens (tertiary/aromatic N) is 1. The van der Waals surface area contributed by atoms with Gasteiger partial charge in [-0.25, -0.2) is 0 Å². The molecule has 0 saturated carbocycles. The quantitative estimate of drug-likeness (QED) is 0.760. The lowest BCUT2D eigenvalue weighted by molar-refractivity contribution is -0.122. The monoisotopic (exact) mass is 396 g/mol. The molecule has 154 valence electrons. The number of carbonyl (C=O) groups excluding carboxylic acids is 2. The minimum Gasteiger partial charge on any atom is -0.491 e. The fourth-order valence-corrected chi connectivity index (χ4v) is 3.27. The van der Waals surface area contributed by atoms with E-state index in [9.17, 15) is 9.59 Å². The highest BCUT2D eigenvalue weighted by atomic mass is 16.5. The van der Waals surface area contributed by atoms with Gasteiger partial charge in [0.05, 0.1) is 18.1 Å². The molecule has 29 heavy (non-hydrogen) atoms. The molecule has 1 saturated heterocycles. The molecule has 0 bridgehead atoms. The van der Waals surface area contributed by atoms with E-state index in [4.69, 9.17) is 9.47 Å². The zero-order valence-electron chi connectivity index (χ0n) is 17.3. The second-order valence-electron chi connectivity index (χ2n) is 7.75. The number of amides is 2. The second kappa shape index (κ2) is 8.99. The number of nitrogens with one attached hydrogen (secondary N) is 1. The van der Waals surface area contributed by atoms with E-state index in [0.717, 1.165) is 11.4 Å². The summed E-state index contributed by atoms with van der Waals surface area (Å²) < 4.78 is 11.3. The number of rotatable bonds is 7. The fraction of sp³-hybridized carbons (Fsp3) is 0.391. The maximum atomic E-state index is 12.7. The lowest BCUT2D eigenvalue weighted by atomic mass is 10.1. The topological polar surface area (TPSA) is 67.9 Å². The van der Waals surface area contributed by atoms with Gasteiger partial charge in [-0.3, -0.25) is 9.59 Å². The third-order valence-corrected chi connectivity index (χ3v) is 4.49. The fourth-order valence-electron chi connectivity index (χ4n) is 3.27. The first kappa shape index (κ1) is 20.7. The van der Waals surface area contributed by atoms with Crippen LogP contribution in [0.2, 0.25) is 0 Å². The van der Waals surface area contributed by atoms with Gasteiger partial charge in [-0.2, -0.15) is 0 Å². The Hall–Kier alpha value is -3.02. The molecule has 0 aliphatic carbocycles. The normalized spacial score (nSPS) is 16.4. The summed E-state index contributed by atoms with van der Waals surface area (Å²) in [5.41, 5.74) is 1.43. The van der Waals surface area contributed by atoms with Crippen molar-refractivity contribution in [1.82, 2.24) is 0 Å². The minimum atomic E-state index is -0.399. The van der Waals surface area contributed by atoms with Crippen LogP contribution in [0.15, 0.2) is 48.5 Å². The molecule has 2 aromatic carbocycles. The van der Waals surface area contributed by atoms with Gasteiger partial charge < -0.3 is 19.7 Å². The van der Waals surface area contributed by atoms with Crippen LogP contribution < -0.4 is 19.7 Å². The Morgan fingerprint density at radius 1 is 1.00 bits per heavy atom. The largest absolute Gasteiger partial charge is 0.491 e. The van der Waals surface area contributed by atoms with Crippen LogP contribution in [0.3, 0.4) is 0 Å². The third-order valence-electron chi connectivity index (χ3n) is 4.49. The Bertz CT molecular complexity index is 861. The smallest absolute Gasteiger partial charge is 0.229 e. The van der Waals surface area contributed by atoms with E-state index in [1.165, 1.54) is 0 Å². The summed E-state index contributed by atoms with van der Waals surface area (Å²) in [7, 11) is 0. The number of hydrogen-bond acceptors (Lipinski definition) is 4. The summed E-state index contributed by atoms with van der Waals surface area (Å²) >= 11 is 0. The molecule has 0 radical (unpaired) electrons. The minimum absolute atomic E-state index is 0.0549. The molecule has 1 heterocycles.